The molecule has 2 bridgehead atoms. The maximum Gasteiger partial charge on any atom is 0.243 e. The molecule has 0 N–H and O–H groups in total. The molecule has 2 aliphatic carbocycles. The van der Waals surface area contributed by atoms with Crippen LogP contribution in [0.15, 0.2) is 59.5 Å². The zero-order chi connectivity index (χ0) is 17.4. The fourth-order valence-electron chi connectivity index (χ4n) is 4.86. The Morgan fingerprint density at radius 1 is 0.880 bits per heavy atom. The fraction of sp³-hybridized carbons (Fsp3) is 0.429. The second-order valence-corrected chi connectivity index (χ2v) is 9.18. The summed E-state index contributed by atoms with van der Waals surface area (Å²) in [5.74, 6) is 0.846. The molecule has 2 unspecified atom stereocenters. The van der Waals surface area contributed by atoms with E-state index in [1.165, 1.54) is 11.1 Å². The summed E-state index contributed by atoms with van der Waals surface area (Å²) < 4.78 is 28.4. The molecular formula is C21H25NO2S. The molecule has 25 heavy (non-hydrogen) atoms. The van der Waals surface area contributed by atoms with E-state index in [-0.39, 0.29) is 6.04 Å². The van der Waals surface area contributed by atoms with E-state index in [9.17, 15) is 8.42 Å². The van der Waals surface area contributed by atoms with Crippen molar-refractivity contribution >= 4 is 10.0 Å². The third-order valence-electron chi connectivity index (χ3n) is 5.95. The van der Waals surface area contributed by atoms with Crippen LogP contribution in [0.4, 0.5) is 0 Å². The first-order valence-corrected chi connectivity index (χ1v) is 10.7. The molecule has 4 rings (SSSR count). The third kappa shape index (κ3) is 2.91. The van der Waals surface area contributed by atoms with E-state index in [1.807, 2.05) is 13.0 Å². The van der Waals surface area contributed by atoms with Gasteiger partial charge in [-0.3, -0.25) is 0 Å². The average Bonchev–Trinajstić information content (AvgIpc) is 2.91. The van der Waals surface area contributed by atoms with Gasteiger partial charge in [-0.15, -0.1) is 0 Å². The summed E-state index contributed by atoms with van der Waals surface area (Å²) in [4.78, 5) is 0.415. The van der Waals surface area contributed by atoms with E-state index < -0.39 is 10.0 Å². The van der Waals surface area contributed by atoms with Gasteiger partial charge in [-0.2, -0.15) is 4.31 Å². The Balaban J connectivity index is 1.71. The summed E-state index contributed by atoms with van der Waals surface area (Å²) in [6.07, 6.45) is 4.26. The van der Waals surface area contributed by atoms with Crippen molar-refractivity contribution in [1.29, 1.82) is 0 Å². The monoisotopic (exact) mass is 355 g/mol. The van der Waals surface area contributed by atoms with Crippen LogP contribution in [0.3, 0.4) is 0 Å². The van der Waals surface area contributed by atoms with Crippen molar-refractivity contribution in [3.63, 3.8) is 0 Å². The van der Waals surface area contributed by atoms with Gasteiger partial charge in [0.05, 0.1) is 4.90 Å². The summed E-state index contributed by atoms with van der Waals surface area (Å²) in [6, 6.07) is 17.7. The molecule has 2 aromatic carbocycles. The third-order valence-corrected chi connectivity index (χ3v) is 7.94. The van der Waals surface area contributed by atoms with Crippen LogP contribution in [0.1, 0.15) is 30.9 Å². The highest BCUT2D eigenvalue weighted by Crippen LogP contribution is 2.44. The van der Waals surface area contributed by atoms with Crippen LogP contribution in [-0.4, -0.2) is 25.3 Å². The van der Waals surface area contributed by atoms with Crippen LogP contribution in [0, 0.1) is 11.8 Å². The molecule has 0 aliphatic heterocycles. The first-order chi connectivity index (χ1) is 12.1. The number of hydrogen-bond donors (Lipinski definition) is 0. The van der Waals surface area contributed by atoms with Crippen molar-refractivity contribution in [1.82, 2.24) is 4.31 Å². The van der Waals surface area contributed by atoms with Crippen LogP contribution in [0.25, 0.3) is 0 Å². The minimum absolute atomic E-state index is 0.114. The molecule has 132 valence electrons. The molecule has 0 heterocycles. The number of nitrogens with zero attached hydrogens (tertiary/aromatic N) is 1. The smallest absolute Gasteiger partial charge is 0.207 e. The number of rotatable bonds is 4. The molecule has 0 radical (unpaired) electrons. The van der Waals surface area contributed by atoms with Gasteiger partial charge in [0.1, 0.15) is 0 Å². The van der Waals surface area contributed by atoms with Crippen LogP contribution in [0.2, 0.25) is 0 Å². The molecule has 0 amide bonds. The van der Waals surface area contributed by atoms with Crippen molar-refractivity contribution in [2.75, 3.05) is 6.54 Å². The highest BCUT2D eigenvalue weighted by molar-refractivity contribution is 7.89. The highest BCUT2D eigenvalue weighted by atomic mass is 32.2. The SMILES string of the molecule is CCN(C1C2CCC1Cc1ccccc1C2)S(=O)(=O)c1ccccc1. The van der Waals surface area contributed by atoms with E-state index in [0.29, 0.717) is 23.3 Å². The number of sulfonamides is 1. The lowest BCUT2D eigenvalue weighted by atomic mass is 9.94. The van der Waals surface area contributed by atoms with Gasteiger partial charge < -0.3 is 0 Å². The minimum atomic E-state index is -3.45. The highest BCUT2D eigenvalue weighted by Gasteiger charge is 2.45. The molecule has 2 aliphatic rings. The lowest BCUT2D eigenvalue weighted by molar-refractivity contribution is 0.227. The zero-order valence-corrected chi connectivity index (χ0v) is 15.5. The van der Waals surface area contributed by atoms with Gasteiger partial charge in [0.2, 0.25) is 10.0 Å². The van der Waals surface area contributed by atoms with Gasteiger partial charge in [-0.05, 0) is 60.8 Å². The summed E-state index contributed by atoms with van der Waals surface area (Å²) in [5.41, 5.74) is 2.82. The van der Waals surface area contributed by atoms with E-state index in [1.54, 1.807) is 28.6 Å². The van der Waals surface area contributed by atoms with E-state index in [4.69, 9.17) is 0 Å². The molecule has 0 aromatic heterocycles. The maximum atomic E-state index is 13.3. The number of benzene rings is 2. The fourth-order valence-corrected chi connectivity index (χ4v) is 6.64. The van der Waals surface area contributed by atoms with Crippen LogP contribution in [0.5, 0.6) is 0 Å². The van der Waals surface area contributed by atoms with E-state index in [0.717, 1.165) is 25.7 Å². The molecule has 1 fully saturated rings. The standard InChI is InChI=1S/C21H25NO2S/c1-2-22(25(23,24)20-10-4-3-5-11-20)21-18-12-13-19(21)15-17-9-7-6-8-16(17)14-18/h3-11,18-19,21H,2,12-15H2,1H3. The quantitative estimate of drug-likeness (QED) is 0.834. The van der Waals surface area contributed by atoms with Gasteiger partial charge in [0, 0.05) is 12.6 Å². The van der Waals surface area contributed by atoms with Crippen LogP contribution >= 0.6 is 0 Å². The molecule has 3 nitrogen and oxygen atoms in total. The van der Waals surface area contributed by atoms with Crippen molar-refractivity contribution < 1.29 is 8.42 Å². The molecule has 0 saturated heterocycles. The average molecular weight is 356 g/mol. The van der Waals surface area contributed by atoms with Crippen molar-refractivity contribution in [3.8, 4) is 0 Å². The predicted octanol–water partition coefficient (Wildman–Crippen LogP) is 3.89. The Hall–Kier alpha value is -1.65. The van der Waals surface area contributed by atoms with Gasteiger partial charge in [0.25, 0.3) is 0 Å². The van der Waals surface area contributed by atoms with Gasteiger partial charge >= 0.3 is 0 Å². The Kier molecular flexibility index (Phi) is 4.42. The molecule has 0 spiro atoms. The summed E-state index contributed by atoms with van der Waals surface area (Å²) >= 11 is 0. The zero-order valence-electron chi connectivity index (χ0n) is 14.6. The Bertz CT molecular complexity index is 814. The lowest BCUT2D eigenvalue weighted by Gasteiger charge is -2.34. The van der Waals surface area contributed by atoms with Crippen LogP contribution < -0.4 is 0 Å². The Morgan fingerprint density at radius 3 is 1.92 bits per heavy atom. The van der Waals surface area contributed by atoms with E-state index >= 15 is 0 Å². The summed E-state index contributed by atoms with van der Waals surface area (Å²) in [7, 11) is -3.45. The second-order valence-electron chi connectivity index (χ2n) is 7.29. The lowest BCUT2D eigenvalue weighted by Crippen LogP contribution is -2.45. The number of fused-ring (bicyclic) bond motifs is 3. The largest absolute Gasteiger partial charge is 0.243 e. The topological polar surface area (TPSA) is 37.4 Å². The number of hydrogen-bond acceptors (Lipinski definition) is 2. The van der Waals surface area contributed by atoms with Crippen LogP contribution in [-0.2, 0) is 22.9 Å². The molecule has 2 atom stereocenters. The molecule has 1 saturated carbocycles. The second kappa shape index (κ2) is 6.58. The minimum Gasteiger partial charge on any atom is -0.207 e. The van der Waals surface area contributed by atoms with Gasteiger partial charge in [-0.25, -0.2) is 8.42 Å². The van der Waals surface area contributed by atoms with Crippen molar-refractivity contribution in [3.05, 3.63) is 65.7 Å². The molecular weight excluding hydrogens is 330 g/mol. The summed E-state index contributed by atoms with van der Waals surface area (Å²) in [5, 5.41) is 0. The molecule has 2 aromatic rings. The maximum absolute atomic E-state index is 13.3. The Labute approximate surface area is 150 Å². The van der Waals surface area contributed by atoms with Gasteiger partial charge in [-0.1, -0.05) is 49.4 Å². The van der Waals surface area contributed by atoms with E-state index in [2.05, 4.69) is 24.3 Å². The predicted molar refractivity (Wildman–Crippen MR) is 99.9 cm³/mol. The van der Waals surface area contributed by atoms with Gasteiger partial charge in [0.15, 0.2) is 0 Å². The van der Waals surface area contributed by atoms with Crippen molar-refractivity contribution in [2.24, 2.45) is 11.8 Å². The first-order valence-electron chi connectivity index (χ1n) is 9.25. The Morgan fingerprint density at radius 2 is 1.40 bits per heavy atom. The first kappa shape index (κ1) is 16.8. The normalized spacial score (nSPS) is 25.6. The summed E-state index contributed by atoms with van der Waals surface area (Å²) in [6.45, 7) is 2.50. The van der Waals surface area contributed by atoms with Crippen molar-refractivity contribution in [2.45, 2.75) is 43.5 Å². The molecule has 4 heteroatoms.